The molecule has 0 spiro atoms. The highest BCUT2D eigenvalue weighted by Gasteiger charge is 2.32. The number of rotatable bonds is 4. The Morgan fingerprint density at radius 2 is 2.10 bits per heavy atom. The van der Waals surface area contributed by atoms with Crippen molar-refractivity contribution in [3.63, 3.8) is 0 Å². The van der Waals surface area contributed by atoms with E-state index in [9.17, 15) is 13.2 Å². The molecule has 1 saturated heterocycles. The number of nitrogens with one attached hydrogen (secondary N) is 1. The number of piperidine rings is 1. The highest BCUT2D eigenvalue weighted by atomic mass is 32.2. The molecular weight excluding hydrogens is 292 g/mol. The van der Waals surface area contributed by atoms with E-state index in [-0.39, 0.29) is 16.5 Å². The molecule has 6 nitrogen and oxygen atoms in total. The number of likely N-dealkylation sites (N-methyl/N-ethyl adjacent to an activating group) is 1. The number of ether oxygens (including phenoxy) is 1. The average Bonchev–Trinajstić information content (AvgIpc) is 2.54. The summed E-state index contributed by atoms with van der Waals surface area (Å²) < 4.78 is 31.7. The van der Waals surface area contributed by atoms with E-state index in [0.29, 0.717) is 13.1 Å². The van der Waals surface area contributed by atoms with E-state index in [2.05, 4.69) is 10.1 Å². The zero-order valence-electron chi connectivity index (χ0n) is 12.2. The van der Waals surface area contributed by atoms with E-state index in [1.54, 1.807) is 12.1 Å². The largest absolute Gasteiger partial charge is 0.465 e. The van der Waals surface area contributed by atoms with Gasteiger partial charge in [-0.25, -0.2) is 13.2 Å². The van der Waals surface area contributed by atoms with E-state index in [1.165, 1.54) is 23.5 Å². The first-order valence-corrected chi connectivity index (χ1v) is 8.29. The van der Waals surface area contributed by atoms with Crippen molar-refractivity contribution in [3.8, 4) is 0 Å². The van der Waals surface area contributed by atoms with Crippen LogP contribution < -0.4 is 5.32 Å². The first kappa shape index (κ1) is 15.9. The predicted molar refractivity (Wildman–Crippen MR) is 78.6 cm³/mol. The third kappa shape index (κ3) is 3.25. The molecule has 1 atom stereocenters. The fraction of sp³-hybridized carbons (Fsp3) is 0.500. The van der Waals surface area contributed by atoms with Gasteiger partial charge in [0.15, 0.2) is 0 Å². The van der Waals surface area contributed by atoms with Crippen molar-refractivity contribution >= 4 is 16.0 Å². The van der Waals surface area contributed by atoms with Gasteiger partial charge in [-0.05, 0) is 32.0 Å². The van der Waals surface area contributed by atoms with Crippen molar-refractivity contribution in [3.05, 3.63) is 29.8 Å². The Labute approximate surface area is 125 Å². The van der Waals surface area contributed by atoms with Crippen LogP contribution in [-0.4, -0.2) is 52.0 Å². The van der Waals surface area contributed by atoms with Crippen LogP contribution in [0.25, 0.3) is 0 Å². The van der Waals surface area contributed by atoms with Gasteiger partial charge in [0.1, 0.15) is 0 Å². The van der Waals surface area contributed by atoms with Crippen LogP contribution in [0.3, 0.4) is 0 Å². The number of carbonyl (C=O) groups is 1. The monoisotopic (exact) mass is 312 g/mol. The quantitative estimate of drug-likeness (QED) is 0.834. The lowest BCUT2D eigenvalue weighted by molar-refractivity contribution is 0.0596. The van der Waals surface area contributed by atoms with Gasteiger partial charge in [-0.2, -0.15) is 4.31 Å². The second-order valence-corrected chi connectivity index (χ2v) is 6.88. The van der Waals surface area contributed by atoms with Gasteiger partial charge in [-0.3, -0.25) is 0 Å². The molecule has 1 unspecified atom stereocenters. The van der Waals surface area contributed by atoms with E-state index in [0.717, 1.165) is 12.8 Å². The van der Waals surface area contributed by atoms with Crippen LogP contribution in [0.2, 0.25) is 0 Å². The number of carbonyl (C=O) groups excluding carboxylic acids is 1. The van der Waals surface area contributed by atoms with Gasteiger partial charge in [0.2, 0.25) is 10.0 Å². The molecule has 0 amide bonds. The summed E-state index contributed by atoms with van der Waals surface area (Å²) in [6.07, 6.45) is 1.74. The lowest BCUT2D eigenvalue weighted by Gasteiger charge is -2.32. The van der Waals surface area contributed by atoms with Crippen LogP contribution in [0.5, 0.6) is 0 Å². The molecule has 0 aromatic heterocycles. The molecule has 0 bridgehead atoms. The minimum absolute atomic E-state index is 0.00797. The van der Waals surface area contributed by atoms with Crippen molar-refractivity contribution in [2.45, 2.75) is 23.8 Å². The summed E-state index contributed by atoms with van der Waals surface area (Å²) in [6, 6.07) is 6.29. The standard InChI is InChI=1S/C14H20N2O4S/c1-15-11-6-5-9-16(10-11)21(18,19)13-8-4-3-7-12(13)14(17)20-2/h3-4,7-8,11,15H,5-6,9-10H2,1-2H3. The summed E-state index contributed by atoms with van der Waals surface area (Å²) in [5, 5.41) is 3.11. The first-order chi connectivity index (χ1) is 10.0. The van der Waals surface area contributed by atoms with Crippen molar-refractivity contribution in [2.75, 3.05) is 27.2 Å². The van der Waals surface area contributed by atoms with Gasteiger partial charge >= 0.3 is 5.97 Å². The van der Waals surface area contributed by atoms with Crippen LogP contribution in [0.1, 0.15) is 23.2 Å². The van der Waals surface area contributed by atoms with Gasteiger partial charge in [0, 0.05) is 19.1 Å². The SMILES string of the molecule is CNC1CCCN(S(=O)(=O)c2ccccc2C(=O)OC)C1. The van der Waals surface area contributed by atoms with Crippen LogP contribution in [-0.2, 0) is 14.8 Å². The van der Waals surface area contributed by atoms with Crippen molar-refractivity contribution in [2.24, 2.45) is 0 Å². The number of esters is 1. The minimum Gasteiger partial charge on any atom is -0.465 e. The molecule has 1 aliphatic rings. The van der Waals surface area contributed by atoms with E-state index in [1.807, 2.05) is 7.05 Å². The van der Waals surface area contributed by atoms with Crippen LogP contribution in [0, 0.1) is 0 Å². The molecule has 1 aromatic carbocycles. The Morgan fingerprint density at radius 1 is 1.38 bits per heavy atom. The maximum Gasteiger partial charge on any atom is 0.339 e. The molecule has 1 aliphatic heterocycles. The van der Waals surface area contributed by atoms with Crippen molar-refractivity contribution in [1.29, 1.82) is 0 Å². The molecule has 7 heteroatoms. The minimum atomic E-state index is -3.70. The summed E-state index contributed by atoms with van der Waals surface area (Å²) >= 11 is 0. The van der Waals surface area contributed by atoms with Gasteiger partial charge in [-0.15, -0.1) is 0 Å². The average molecular weight is 312 g/mol. The zero-order valence-corrected chi connectivity index (χ0v) is 13.0. The third-order valence-electron chi connectivity index (χ3n) is 3.70. The van der Waals surface area contributed by atoms with E-state index >= 15 is 0 Å². The molecule has 1 N–H and O–H groups in total. The number of nitrogens with zero attached hydrogens (tertiary/aromatic N) is 1. The normalized spacial score (nSPS) is 20.2. The molecule has 21 heavy (non-hydrogen) atoms. The fourth-order valence-electron chi connectivity index (χ4n) is 2.51. The number of sulfonamides is 1. The van der Waals surface area contributed by atoms with Gasteiger partial charge in [0.05, 0.1) is 17.6 Å². The van der Waals surface area contributed by atoms with Crippen LogP contribution >= 0.6 is 0 Å². The molecule has 2 rings (SSSR count). The number of hydrogen-bond donors (Lipinski definition) is 1. The summed E-state index contributed by atoms with van der Waals surface area (Å²) in [6.45, 7) is 0.879. The molecule has 0 aliphatic carbocycles. The molecule has 0 saturated carbocycles. The van der Waals surface area contributed by atoms with E-state index < -0.39 is 16.0 Å². The molecule has 116 valence electrons. The number of benzene rings is 1. The van der Waals surface area contributed by atoms with Crippen LogP contribution in [0.15, 0.2) is 29.2 Å². The molecule has 0 radical (unpaired) electrons. The number of hydrogen-bond acceptors (Lipinski definition) is 5. The van der Waals surface area contributed by atoms with Gasteiger partial charge in [0.25, 0.3) is 0 Å². The van der Waals surface area contributed by atoms with Gasteiger partial charge < -0.3 is 10.1 Å². The highest BCUT2D eigenvalue weighted by Crippen LogP contribution is 2.24. The zero-order chi connectivity index (χ0) is 15.5. The van der Waals surface area contributed by atoms with Crippen molar-refractivity contribution < 1.29 is 17.9 Å². The topological polar surface area (TPSA) is 75.7 Å². The smallest absolute Gasteiger partial charge is 0.339 e. The summed E-state index contributed by atoms with van der Waals surface area (Å²) in [5.74, 6) is -0.642. The second-order valence-electron chi connectivity index (χ2n) is 4.98. The summed E-state index contributed by atoms with van der Waals surface area (Å²) in [7, 11) is -0.636. The first-order valence-electron chi connectivity index (χ1n) is 6.85. The van der Waals surface area contributed by atoms with Gasteiger partial charge in [-0.1, -0.05) is 12.1 Å². The number of methoxy groups -OCH3 is 1. The molecule has 1 heterocycles. The fourth-order valence-corrected chi connectivity index (χ4v) is 4.21. The molecule has 1 aromatic rings. The second kappa shape index (κ2) is 6.55. The maximum atomic E-state index is 12.8. The Kier molecular flexibility index (Phi) is 4.97. The van der Waals surface area contributed by atoms with Crippen molar-refractivity contribution in [1.82, 2.24) is 9.62 Å². The molecule has 1 fully saturated rings. The van der Waals surface area contributed by atoms with E-state index in [4.69, 9.17) is 0 Å². The predicted octanol–water partition coefficient (Wildman–Crippen LogP) is 0.846. The Morgan fingerprint density at radius 3 is 2.76 bits per heavy atom. The Hall–Kier alpha value is -1.44. The Balaban J connectivity index is 2.38. The summed E-state index contributed by atoms with van der Waals surface area (Å²) in [4.78, 5) is 11.8. The lowest BCUT2D eigenvalue weighted by Crippen LogP contribution is -2.47. The summed E-state index contributed by atoms with van der Waals surface area (Å²) in [5.41, 5.74) is 0.0755. The Bertz CT molecular complexity index is 615. The maximum absolute atomic E-state index is 12.8. The highest BCUT2D eigenvalue weighted by molar-refractivity contribution is 7.89. The molecular formula is C14H20N2O4S. The lowest BCUT2D eigenvalue weighted by atomic mass is 10.1. The van der Waals surface area contributed by atoms with Crippen LogP contribution in [0.4, 0.5) is 0 Å². The third-order valence-corrected chi connectivity index (χ3v) is 5.63.